The molecule has 3 atom stereocenters. The number of aryl methyl sites for hydroxylation is 1. The van der Waals surface area contributed by atoms with E-state index >= 15 is 0 Å². The average Bonchev–Trinajstić information content (AvgIpc) is 3.48. The van der Waals surface area contributed by atoms with Crippen molar-refractivity contribution in [2.24, 2.45) is 5.92 Å². The number of para-hydroxylation sites is 1. The summed E-state index contributed by atoms with van der Waals surface area (Å²) < 4.78 is 45.2. The summed E-state index contributed by atoms with van der Waals surface area (Å²) in [7, 11) is -0.985. The van der Waals surface area contributed by atoms with Gasteiger partial charge in [0.1, 0.15) is 6.61 Å². The van der Waals surface area contributed by atoms with Crippen molar-refractivity contribution < 1.29 is 50.8 Å². The van der Waals surface area contributed by atoms with Gasteiger partial charge in [-0.1, -0.05) is 25.1 Å². The largest absolute Gasteiger partial charge is 0.493 e. The van der Waals surface area contributed by atoms with E-state index in [0.29, 0.717) is 53.1 Å². The molecule has 0 radical (unpaired) electrons. The van der Waals surface area contributed by atoms with Crippen LogP contribution in [-0.4, -0.2) is 70.5 Å². The molecule has 2 aliphatic heterocycles. The van der Waals surface area contributed by atoms with Gasteiger partial charge in [-0.2, -0.15) is 8.42 Å². The smallest absolute Gasteiger partial charge is 0.305 e. The number of nitrogens with one attached hydrogen (secondary N) is 2. The number of hydrogen-bond acceptors (Lipinski definition) is 11. The normalized spacial score (nSPS) is 15.7. The Labute approximate surface area is 327 Å². The van der Waals surface area contributed by atoms with Crippen LogP contribution in [0.25, 0.3) is 0 Å². The first-order valence-corrected chi connectivity index (χ1v) is 20.4. The number of benzene rings is 3. The fourth-order valence-electron chi connectivity index (χ4n) is 6.92. The van der Waals surface area contributed by atoms with Crippen molar-refractivity contribution in [2.45, 2.75) is 90.5 Å². The number of methoxy groups -OCH3 is 2. The molecule has 0 unspecified atom stereocenters. The SMILES string of the molecule is COC(=O)CCCCC(=O)N[C@@H](C)C(=O)C[C@@H](C)C(=O)Nc1cc(COc2cc3c(cc2OC)C(=O)N2c4ccccc4C[C@H]2CC3)cc(COS(C)(=O)=O)c1. The standard InChI is InChI=1S/C41H49N3O11S/c1-25(16-35(45)26(2)42-38(46)12-8-9-13-39(47)53-4)40(48)43-31-18-27(17-28(19-31)24-55-56(5,50)51)23-54-37-21-29-14-15-32-20-30-10-6-7-11-34(30)44(32)41(49)33(29)22-36(37)52-3/h6-7,10-11,17-19,21-22,25-26,32H,8-9,12-16,20,23-24H2,1-5H3,(H,42,46)(H,43,48)/t25-,26+,32-/m1/s1. The van der Waals surface area contributed by atoms with Crippen LogP contribution in [0, 0.1) is 5.92 Å². The van der Waals surface area contributed by atoms with E-state index in [-0.39, 0.29) is 62.1 Å². The minimum absolute atomic E-state index is 0.00521. The maximum atomic E-state index is 13.9. The van der Waals surface area contributed by atoms with Gasteiger partial charge in [-0.3, -0.25) is 28.2 Å². The Morgan fingerprint density at radius 2 is 1.62 bits per heavy atom. The lowest BCUT2D eigenvalue weighted by atomic mass is 9.99. The third kappa shape index (κ3) is 10.9. The molecule has 3 aromatic rings. The van der Waals surface area contributed by atoms with E-state index in [9.17, 15) is 32.4 Å². The number of fused-ring (bicyclic) bond motifs is 4. The Morgan fingerprint density at radius 1 is 0.911 bits per heavy atom. The van der Waals surface area contributed by atoms with Crippen LogP contribution in [0.2, 0.25) is 0 Å². The number of ether oxygens (including phenoxy) is 3. The highest BCUT2D eigenvalue weighted by Crippen LogP contribution is 2.40. The van der Waals surface area contributed by atoms with Crippen LogP contribution in [0.3, 0.4) is 0 Å². The molecule has 300 valence electrons. The maximum Gasteiger partial charge on any atom is 0.305 e. The lowest BCUT2D eigenvalue weighted by molar-refractivity contribution is -0.140. The maximum absolute atomic E-state index is 13.9. The van der Waals surface area contributed by atoms with E-state index in [4.69, 9.17) is 13.7 Å². The highest BCUT2D eigenvalue weighted by Gasteiger charge is 2.37. The Balaban J connectivity index is 1.25. The van der Waals surface area contributed by atoms with Gasteiger partial charge in [0.25, 0.3) is 16.0 Å². The molecule has 2 aliphatic rings. The van der Waals surface area contributed by atoms with Crippen molar-refractivity contribution in [3.05, 3.63) is 82.4 Å². The molecule has 0 bridgehead atoms. The molecule has 0 fully saturated rings. The second-order valence-corrected chi connectivity index (χ2v) is 15.9. The summed E-state index contributed by atoms with van der Waals surface area (Å²) in [5.74, 6) is -1.55. The molecule has 0 aliphatic carbocycles. The molecule has 0 saturated heterocycles. The topological polar surface area (TPSA) is 184 Å². The predicted octanol–water partition coefficient (Wildman–Crippen LogP) is 5.04. The number of esters is 1. The molecule has 0 saturated carbocycles. The molecule has 2 heterocycles. The number of ketones is 1. The molecule has 3 aromatic carbocycles. The lowest BCUT2D eigenvalue weighted by Gasteiger charge is -2.23. The van der Waals surface area contributed by atoms with E-state index in [0.717, 1.165) is 35.9 Å². The Hall–Kier alpha value is -5.28. The van der Waals surface area contributed by atoms with Gasteiger partial charge >= 0.3 is 5.97 Å². The molecule has 0 aromatic heterocycles. The second-order valence-electron chi connectivity index (χ2n) is 14.3. The molecular formula is C41H49N3O11S. The zero-order valence-electron chi connectivity index (χ0n) is 32.3. The van der Waals surface area contributed by atoms with E-state index in [1.165, 1.54) is 14.2 Å². The molecule has 15 heteroatoms. The molecule has 3 amide bonds. The number of Topliss-reactive ketones (excluding diaryl/α,β-unsaturated/α-hetero) is 1. The summed E-state index contributed by atoms with van der Waals surface area (Å²) >= 11 is 0. The number of nitrogens with zero attached hydrogens (tertiary/aromatic N) is 1. The van der Waals surface area contributed by atoms with Gasteiger partial charge in [-0.15, -0.1) is 0 Å². The van der Waals surface area contributed by atoms with Gasteiger partial charge in [0.2, 0.25) is 11.8 Å². The number of anilines is 2. The van der Waals surface area contributed by atoms with Crippen LogP contribution < -0.4 is 25.0 Å². The number of carbonyl (C=O) groups is 5. The molecule has 5 rings (SSSR count). The third-order valence-corrected chi connectivity index (χ3v) is 10.4. The summed E-state index contributed by atoms with van der Waals surface area (Å²) in [4.78, 5) is 65.5. The second kappa shape index (κ2) is 18.6. The lowest BCUT2D eigenvalue weighted by Crippen LogP contribution is -2.39. The summed E-state index contributed by atoms with van der Waals surface area (Å²) in [6, 6.07) is 15.7. The fourth-order valence-corrected chi connectivity index (χ4v) is 7.27. The monoisotopic (exact) mass is 791 g/mol. The number of carbonyl (C=O) groups excluding carboxylic acids is 5. The van der Waals surface area contributed by atoms with Crippen LogP contribution in [0.1, 0.15) is 85.0 Å². The zero-order valence-corrected chi connectivity index (χ0v) is 33.2. The van der Waals surface area contributed by atoms with E-state index in [1.807, 2.05) is 29.2 Å². The molecular weight excluding hydrogens is 743 g/mol. The van der Waals surface area contributed by atoms with Crippen molar-refractivity contribution in [3.8, 4) is 11.5 Å². The minimum atomic E-state index is -3.78. The van der Waals surface area contributed by atoms with Crippen molar-refractivity contribution in [1.29, 1.82) is 0 Å². The highest BCUT2D eigenvalue weighted by molar-refractivity contribution is 7.85. The Kier molecular flexibility index (Phi) is 13.9. The van der Waals surface area contributed by atoms with Crippen LogP contribution in [-0.2, 0) is 64.3 Å². The molecule has 14 nitrogen and oxygen atoms in total. The summed E-state index contributed by atoms with van der Waals surface area (Å²) in [6.45, 7) is 2.84. The number of hydrogen-bond donors (Lipinski definition) is 2. The quantitative estimate of drug-likeness (QED) is 0.100. The van der Waals surface area contributed by atoms with Crippen molar-refractivity contribution in [2.75, 3.05) is 30.7 Å². The molecule has 0 spiro atoms. The predicted molar refractivity (Wildman–Crippen MR) is 208 cm³/mol. The minimum Gasteiger partial charge on any atom is -0.493 e. The van der Waals surface area contributed by atoms with E-state index in [2.05, 4.69) is 21.4 Å². The van der Waals surface area contributed by atoms with Crippen LogP contribution in [0.5, 0.6) is 11.5 Å². The van der Waals surface area contributed by atoms with Gasteiger partial charge in [0, 0.05) is 48.2 Å². The van der Waals surface area contributed by atoms with Crippen molar-refractivity contribution in [3.63, 3.8) is 0 Å². The molecule has 2 N–H and O–H groups in total. The van der Waals surface area contributed by atoms with E-state index in [1.54, 1.807) is 38.1 Å². The average molecular weight is 792 g/mol. The van der Waals surface area contributed by atoms with Crippen LogP contribution in [0.4, 0.5) is 11.4 Å². The number of amides is 3. The number of rotatable bonds is 18. The summed E-state index contributed by atoms with van der Waals surface area (Å²) in [6.07, 6.45) is 4.31. The number of unbranched alkanes of at least 4 members (excludes halogenated alkanes) is 1. The van der Waals surface area contributed by atoms with Crippen LogP contribution >= 0.6 is 0 Å². The van der Waals surface area contributed by atoms with Gasteiger partial charge in [0.15, 0.2) is 17.3 Å². The van der Waals surface area contributed by atoms with Gasteiger partial charge in [0.05, 0.1) is 33.1 Å². The van der Waals surface area contributed by atoms with Crippen molar-refractivity contribution in [1.82, 2.24) is 5.32 Å². The Bertz CT molecular complexity index is 2080. The first kappa shape index (κ1) is 41.9. The van der Waals surface area contributed by atoms with Crippen LogP contribution in [0.15, 0.2) is 54.6 Å². The zero-order chi connectivity index (χ0) is 40.6. The first-order valence-electron chi connectivity index (χ1n) is 18.6. The fraction of sp³-hybridized carbons (Fsp3) is 0.439. The van der Waals surface area contributed by atoms with Gasteiger partial charge < -0.3 is 29.7 Å². The Morgan fingerprint density at radius 3 is 2.34 bits per heavy atom. The highest BCUT2D eigenvalue weighted by atomic mass is 32.2. The molecule has 56 heavy (non-hydrogen) atoms. The van der Waals surface area contributed by atoms with Gasteiger partial charge in [-0.25, -0.2) is 0 Å². The summed E-state index contributed by atoms with van der Waals surface area (Å²) in [5.41, 5.74) is 4.82. The van der Waals surface area contributed by atoms with E-state index < -0.39 is 28.0 Å². The third-order valence-electron chi connectivity index (χ3n) is 9.89. The van der Waals surface area contributed by atoms with Gasteiger partial charge in [-0.05, 0) is 97.7 Å². The summed E-state index contributed by atoms with van der Waals surface area (Å²) in [5, 5.41) is 5.46. The first-order chi connectivity index (χ1) is 26.6. The van der Waals surface area contributed by atoms with Crippen molar-refractivity contribution >= 4 is 51.0 Å².